The van der Waals surface area contributed by atoms with Gasteiger partial charge in [-0.25, -0.2) is 0 Å². The third-order valence-corrected chi connectivity index (χ3v) is 16.2. The molecule has 52 heavy (non-hydrogen) atoms. The van der Waals surface area contributed by atoms with E-state index in [1.54, 1.807) is 0 Å². The van der Waals surface area contributed by atoms with E-state index in [9.17, 15) is 0 Å². The van der Waals surface area contributed by atoms with Crippen LogP contribution in [0.25, 0.3) is 0 Å². The van der Waals surface area contributed by atoms with Gasteiger partial charge in [0.05, 0.1) is 0 Å². The fourth-order valence-corrected chi connectivity index (χ4v) is 14.0. The second-order valence-electron chi connectivity index (χ2n) is 12.9. The predicted molar refractivity (Wildman–Crippen MR) is 232 cm³/mol. The van der Waals surface area contributed by atoms with Crippen LogP contribution in [0.4, 0.5) is 0 Å². The standard InChI is InChI=1S/C25H22PS.C24H20B/c1-5-13-22(14-6-1)26(23-15-7-2-8-16-23,24-17-9-3-10-18-24)21-27-25-19-11-4-12-20-25;1-5-13-21(14-6-1)25(22-15-7-2-8-16-22,23-17-9-3-10-18-23)24-19-11-4-12-20-24/h1-20H,21H2;1-20H/q+1;-1. The summed E-state index contributed by atoms with van der Waals surface area (Å²) in [5.41, 5.74) is 6.41. The van der Waals surface area contributed by atoms with Crippen LogP contribution in [-0.2, 0) is 0 Å². The Morgan fingerprint density at radius 2 is 0.519 bits per heavy atom. The first-order valence-corrected chi connectivity index (χ1v) is 20.9. The first-order valence-electron chi connectivity index (χ1n) is 17.9. The normalized spacial score (nSPS) is 11.2. The molecule has 0 bridgehead atoms. The molecule has 3 heteroatoms. The van der Waals surface area contributed by atoms with Gasteiger partial charge in [-0.15, -0.1) is 0 Å². The number of hydrogen-bond acceptors (Lipinski definition) is 1. The second kappa shape index (κ2) is 17.2. The summed E-state index contributed by atoms with van der Waals surface area (Å²) in [6.45, 7) is 0. The quantitative estimate of drug-likeness (QED) is 0.0780. The minimum absolute atomic E-state index is 1.05. The summed E-state index contributed by atoms with van der Waals surface area (Å²) >= 11 is 1.96. The summed E-state index contributed by atoms with van der Waals surface area (Å²) in [4.78, 5) is 1.32. The Hall–Kier alpha value is -5.40. The van der Waals surface area contributed by atoms with Gasteiger partial charge in [-0.3, -0.25) is 0 Å². The maximum atomic E-state index is 2.30. The highest BCUT2D eigenvalue weighted by Crippen LogP contribution is 2.58. The molecule has 0 aliphatic carbocycles. The van der Waals surface area contributed by atoms with Gasteiger partial charge in [-0.2, -0.15) is 21.9 Å². The molecular weight excluding hydrogens is 662 g/mol. The smallest absolute Gasteiger partial charge is 0.123 e. The summed E-state index contributed by atoms with van der Waals surface area (Å²) in [5.74, 6) is 0. The third kappa shape index (κ3) is 7.46. The summed E-state index contributed by atoms with van der Waals surface area (Å²) in [7, 11) is -1.76. The van der Waals surface area contributed by atoms with Gasteiger partial charge in [0.2, 0.25) is 0 Å². The number of benzene rings is 8. The molecule has 8 rings (SSSR count). The van der Waals surface area contributed by atoms with Crippen molar-refractivity contribution in [3.05, 3.63) is 243 Å². The number of hydrogen-bond donors (Lipinski definition) is 0. The van der Waals surface area contributed by atoms with Crippen LogP contribution in [0.3, 0.4) is 0 Å². The van der Waals surface area contributed by atoms with Crippen molar-refractivity contribution in [2.24, 2.45) is 0 Å². The second-order valence-corrected chi connectivity index (χ2v) is 17.9. The van der Waals surface area contributed by atoms with Gasteiger partial charge in [0.15, 0.2) is 0 Å². The highest BCUT2D eigenvalue weighted by molar-refractivity contribution is 8.13. The summed E-state index contributed by atoms with van der Waals surface area (Å²) in [6.07, 6.45) is -1.22. The maximum absolute atomic E-state index is 2.30. The van der Waals surface area contributed by atoms with Crippen molar-refractivity contribution in [3.8, 4) is 0 Å². The fourth-order valence-electron chi connectivity index (χ4n) is 7.53. The van der Waals surface area contributed by atoms with E-state index in [2.05, 4.69) is 243 Å². The Morgan fingerprint density at radius 1 is 0.288 bits per heavy atom. The van der Waals surface area contributed by atoms with Gasteiger partial charge in [-0.1, -0.05) is 206 Å². The molecule has 0 spiro atoms. The van der Waals surface area contributed by atoms with E-state index in [1.165, 1.54) is 42.7 Å². The molecule has 0 saturated heterocycles. The average molecular weight is 705 g/mol. The Balaban J connectivity index is 0.000000162. The molecule has 0 aromatic heterocycles. The highest BCUT2D eigenvalue weighted by Gasteiger charge is 2.45. The number of thioether (sulfide) groups is 1. The Labute approximate surface area is 314 Å². The molecule has 0 N–H and O–H groups in total. The van der Waals surface area contributed by atoms with Crippen LogP contribution in [0.2, 0.25) is 0 Å². The van der Waals surface area contributed by atoms with Crippen molar-refractivity contribution in [2.75, 3.05) is 5.49 Å². The SMILES string of the molecule is c1ccc(SC[P+](c2ccccc2)(c2ccccc2)c2ccccc2)cc1.c1ccc([B-](c2ccccc2)(c2ccccc2)c2ccccc2)cc1. The van der Waals surface area contributed by atoms with Crippen LogP contribution in [0.1, 0.15) is 0 Å². The summed E-state index contributed by atoms with van der Waals surface area (Å²) in [5, 5.41) is 4.31. The molecule has 0 aliphatic rings. The van der Waals surface area contributed by atoms with Crippen LogP contribution < -0.4 is 37.8 Å². The van der Waals surface area contributed by atoms with Crippen molar-refractivity contribution >= 4 is 62.9 Å². The van der Waals surface area contributed by atoms with Crippen LogP contribution in [0.15, 0.2) is 248 Å². The lowest BCUT2D eigenvalue weighted by Crippen LogP contribution is -2.74. The van der Waals surface area contributed by atoms with E-state index in [4.69, 9.17) is 0 Å². The molecule has 0 nitrogen and oxygen atoms in total. The summed E-state index contributed by atoms with van der Waals surface area (Å²) < 4.78 is 0. The molecule has 0 unspecified atom stereocenters. The minimum atomic E-state index is -1.76. The molecule has 0 radical (unpaired) electrons. The molecule has 0 aliphatic heterocycles. The zero-order valence-electron chi connectivity index (χ0n) is 29.2. The Kier molecular flexibility index (Phi) is 11.6. The van der Waals surface area contributed by atoms with Gasteiger partial charge in [0, 0.05) is 4.90 Å². The zero-order valence-corrected chi connectivity index (χ0v) is 30.9. The lowest BCUT2D eigenvalue weighted by molar-refractivity contribution is 1.47. The van der Waals surface area contributed by atoms with Gasteiger partial charge >= 0.3 is 0 Å². The van der Waals surface area contributed by atoms with Crippen LogP contribution in [0.5, 0.6) is 0 Å². The monoisotopic (exact) mass is 704 g/mol. The van der Waals surface area contributed by atoms with Gasteiger partial charge < -0.3 is 0 Å². The molecule has 0 heterocycles. The lowest BCUT2D eigenvalue weighted by atomic mass is 9.13. The van der Waals surface area contributed by atoms with Crippen molar-refractivity contribution in [3.63, 3.8) is 0 Å². The van der Waals surface area contributed by atoms with Gasteiger partial charge in [0.25, 0.3) is 0 Å². The number of rotatable bonds is 10. The zero-order chi connectivity index (χ0) is 35.3. The highest BCUT2D eigenvalue weighted by atomic mass is 32.2. The molecule has 8 aromatic carbocycles. The van der Waals surface area contributed by atoms with Crippen molar-refractivity contribution < 1.29 is 0 Å². The van der Waals surface area contributed by atoms with Crippen molar-refractivity contribution in [2.45, 2.75) is 4.90 Å². The molecule has 0 amide bonds. The van der Waals surface area contributed by atoms with Gasteiger partial charge in [-0.05, 0) is 48.5 Å². The lowest BCUT2D eigenvalue weighted by Gasteiger charge is -2.44. The molecule has 252 valence electrons. The van der Waals surface area contributed by atoms with Gasteiger partial charge in [0.1, 0.15) is 34.8 Å². The van der Waals surface area contributed by atoms with Crippen LogP contribution in [-0.4, -0.2) is 11.6 Å². The molecule has 0 atom stereocenters. The van der Waals surface area contributed by atoms with E-state index in [-0.39, 0.29) is 0 Å². The molecule has 8 aromatic rings. The van der Waals surface area contributed by atoms with Crippen molar-refractivity contribution in [1.82, 2.24) is 0 Å². The summed E-state index contributed by atoms with van der Waals surface area (Å²) in [6, 6.07) is 87.4. The maximum Gasteiger partial charge on any atom is 0.123 e. The van der Waals surface area contributed by atoms with E-state index in [0.29, 0.717) is 0 Å². The first-order chi connectivity index (χ1) is 25.8. The van der Waals surface area contributed by atoms with Crippen LogP contribution >= 0.6 is 19.0 Å². The van der Waals surface area contributed by atoms with E-state index < -0.39 is 13.4 Å². The van der Waals surface area contributed by atoms with Crippen molar-refractivity contribution in [1.29, 1.82) is 0 Å². The molecule has 0 fully saturated rings. The van der Waals surface area contributed by atoms with Crippen LogP contribution in [0, 0.1) is 0 Å². The molecule has 0 saturated carbocycles. The van der Waals surface area contributed by atoms with E-state index >= 15 is 0 Å². The van der Waals surface area contributed by atoms with E-state index in [1.807, 2.05) is 11.8 Å². The predicted octanol–water partition coefficient (Wildman–Crippen LogP) is 8.79. The average Bonchev–Trinajstić information content (AvgIpc) is 3.25. The largest absolute Gasteiger partial charge is 0.195 e. The molecular formula is C49H42BPS. The van der Waals surface area contributed by atoms with E-state index in [0.717, 1.165) is 5.49 Å². The fraction of sp³-hybridized carbons (Fsp3) is 0.0204. The first kappa shape index (κ1) is 35.0. The Morgan fingerprint density at radius 3 is 0.788 bits per heavy atom. The topological polar surface area (TPSA) is 0 Å². The minimum Gasteiger partial charge on any atom is -0.195 e. The third-order valence-electron chi connectivity index (χ3n) is 9.96. The Bertz CT molecular complexity index is 1940.